The Labute approximate surface area is 141 Å². The maximum atomic E-state index is 10.7. The van der Waals surface area contributed by atoms with Gasteiger partial charge in [0.1, 0.15) is 4.60 Å². The molecule has 2 aromatic heterocycles. The van der Waals surface area contributed by atoms with Gasteiger partial charge in [-0.3, -0.25) is 0 Å². The maximum absolute atomic E-state index is 10.7. The monoisotopic (exact) mass is 382 g/mol. The molecule has 1 aliphatic rings. The topological polar surface area (TPSA) is 105 Å². The maximum Gasteiger partial charge on any atom is 0.404 e. The second kappa shape index (κ2) is 6.69. The molecule has 8 nitrogen and oxygen atoms in total. The average molecular weight is 383 g/mol. The molecule has 0 bridgehead atoms. The fourth-order valence-corrected chi connectivity index (χ4v) is 3.55. The van der Waals surface area contributed by atoms with Gasteiger partial charge in [0.15, 0.2) is 5.65 Å². The van der Waals surface area contributed by atoms with E-state index in [-0.39, 0.29) is 6.04 Å². The van der Waals surface area contributed by atoms with Crippen LogP contribution in [0.4, 0.5) is 10.7 Å². The lowest BCUT2D eigenvalue weighted by atomic mass is 9.86. The van der Waals surface area contributed by atoms with Gasteiger partial charge in [-0.2, -0.15) is 10.1 Å². The first-order valence-electron chi connectivity index (χ1n) is 7.63. The van der Waals surface area contributed by atoms with Crippen LogP contribution in [-0.2, 0) is 6.54 Å². The zero-order chi connectivity index (χ0) is 16.4. The second-order valence-electron chi connectivity index (χ2n) is 5.82. The highest BCUT2D eigenvalue weighted by atomic mass is 79.9. The van der Waals surface area contributed by atoms with Crippen molar-refractivity contribution < 1.29 is 9.90 Å². The number of anilines is 1. The molecule has 2 aromatic rings. The van der Waals surface area contributed by atoms with Gasteiger partial charge in [-0.05, 0) is 47.5 Å². The highest BCUT2D eigenvalue weighted by Crippen LogP contribution is 2.28. The van der Waals surface area contributed by atoms with E-state index in [4.69, 9.17) is 5.11 Å². The molecule has 0 unspecified atom stereocenters. The van der Waals surface area contributed by atoms with E-state index in [0.29, 0.717) is 11.9 Å². The quantitative estimate of drug-likeness (QED) is 0.749. The number of hydrogen-bond acceptors (Lipinski definition) is 5. The Morgan fingerprint density at radius 2 is 2.17 bits per heavy atom. The molecule has 2 heterocycles. The number of fused-ring (bicyclic) bond motifs is 1. The molecule has 0 radical (unpaired) electrons. The van der Waals surface area contributed by atoms with E-state index < -0.39 is 6.09 Å². The predicted octanol–water partition coefficient (Wildman–Crippen LogP) is 2.46. The summed E-state index contributed by atoms with van der Waals surface area (Å²) in [5.41, 5.74) is 0.807. The van der Waals surface area contributed by atoms with Crippen molar-refractivity contribution >= 4 is 39.0 Å². The Bertz CT molecular complexity index is 711. The van der Waals surface area contributed by atoms with E-state index in [9.17, 15) is 4.79 Å². The van der Waals surface area contributed by atoms with Crippen LogP contribution in [0.3, 0.4) is 0 Å². The van der Waals surface area contributed by atoms with Crippen LogP contribution >= 0.6 is 15.9 Å². The zero-order valence-corrected chi connectivity index (χ0v) is 14.4. The minimum absolute atomic E-state index is 0.0723. The molecule has 124 valence electrons. The van der Waals surface area contributed by atoms with Crippen molar-refractivity contribution in [2.24, 2.45) is 5.92 Å². The molecule has 0 spiro atoms. The van der Waals surface area contributed by atoms with Crippen LogP contribution in [0, 0.1) is 5.92 Å². The molecule has 1 saturated carbocycles. The van der Waals surface area contributed by atoms with E-state index in [2.05, 4.69) is 41.6 Å². The minimum atomic E-state index is -0.938. The number of carbonyl (C=O) groups is 1. The van der Waals surface area contributed by atoms with Crippen LogP contribution in [0.2, 0.25) is 0 Å². The van der Waals surface area contributed by atoms with Crippen LogP contribution in [0.25, 0.3) is 11.0 Å². The smallest absolute Gasteiger partial charge is 0.404 e. The highest BCUT2D eigenvalue weighted by molar-refractivity contribution is 9.10. The predicted molar refractivity (Wildman–Crippen MR) is 89.5 cm³/mol. The zero-order valence-electron chi connectivity index (χ0n) is 12.8. The second-order valence-corrected chi connectivity index (χ2v) is 6.57. The van der Waals surface area contributed by atoms with Crippen LogP contribution < -0.4 is 10.6 Å². The summed E-state index contributed by atoms with van der Waals surface area (Å²) in [6.45, 7) is 0.780. The van der Waals surface area contributed by atoms with Crippen molar-refractivity contribution in [2.45, 2.75) is 38.3 Å². The SMILES string of the molecule is CNc1ncc2c(Br)nn(CC3CCC(NC(=O)O)CC3)c2n1. The summed E-state index contributed by atoms with van der Waals surface area (Å²) in [4.78, 5) is 19.4. The Hall–Kier alpha value is -1.90. The van der Waals surface area contributed by atoms with Gasteiger partial charge in [-0.1, -0.05) is 0 Å². The van der Waals surface area contributed by atoms with E-state index in [1.54, 1.807) is 13.2 Å². The summed E-state index contributed by atoms with van der Waals surface area (Å²) in [5.74, 6) is 1.05. The molecule has 3 rings (SSSR count). The summed E-state index contributed by atoms with van der Waals surface area (Å²) in [6, 6.07) is 0.0723. The number of nitrogens with zero attached hydrogens (tertiary/aromatic N) is 4. The average Bonchev–Trinajstić information content (AvgIpc) is 2.84. The lowest BCUT2D eigenvalue weighted by Crippen LogP contribution is -2.37. The van der Waals surface area contributed by atoms with Gasteiger partial charge in [0, 0.05) is 25.8 Å². The summed E-state index contributed by atoms with van der Waals surface area (Å²) in [5, 5.41) is 19.7. The molecule has 1 fully saturated rings. The minimum Gasteiger partial charge on any atom is -0.465 e. The Morgan fingerprint density at radius 3 is 2.83 bits per heavy atom. The van der Waals surface area contributed by atoms with Gasteiger partial charge in [-0.15, -0.1) is 0 Å². The molecule has 3 N–H and O–H groups in total. The molecule has 1 aliphatic carbocycles. The molecular formula is C14H19BrN6O2. The highest BCUT2D eigenvalue weighted by Gasteiger charge is 2.24. The van der Waals surface area contributed by atoms with Crippen molar-refractivity contribution in [3.8, 4) is 0 Å². The number of aromatic nitrogens is 4. The van der Waals surface area contributed by atoms with Gasteiger partial charge < -0.3 is 15.7 Å². The van der Waals surface area contributed by atoms with Gasteiger partial charge in [0.05, 0.1) is 5.39 Å². The van der Waals surface area contributed by atoms with Crippen LogP contribution in [0.1, 0.15) is 25.7 Å². The summed E-state index contributed by atoms with van der Waals surface area (Å²) < 4.78 is 2.66. The third-order valence-corrected chi connectivity index (χ3v) is 4.86. The van der Waals surface area contributed by atoms with Crippen molar-refractivity contribution in [2.75, 3.05) is 12.4 Å². The van der Waals surface area contributed by atoms with Crippen LogP contribution in [-0.4, -0.2) is 44.0 Å². The third-order valence-electron chi connectivity index (χ3n) is 4.27. The van der Waals surface area contributed by atoms with Gasteiger partial charge in [0.2, 0.25) is 5.95 Å². The molecule has 0 aliphatic heterocycles. The Balaban J connectivity index is 1.71. The molecule has 0 aromatic carbocycles. The Kier molecular flexibility index (Phi) is 4.65. The first-order valence-corrected chi connectivity index (χ1v) is 8.42. The van der Waals surface area contributed by atoms with E-state index in [1.807, 2.05) is 4.68 Å². The van der Waals surface area contributed by atoms with Crippen molar-refractivity contribution in [1.29, 1.82) is 0 Å². The fourth-order valence-electron chi connectivity index (χ4n) is 3.08. The first kappa shape index (κ1) is 16.0. The molecule has 0 atom stereocenters. The number of amides is 1. The first-order chi connectivity index (χ1) is 11.1. The Morgan fingerprint density at radius 1 is 1.43 bits per heavy atom. The lowest BCUT2D eigenvalue weighted by molar-refractivity contribution is 0.180. The number of carboxylic acid groups (broad SMARTS) is 1. The van der Waals surface area contributed by atoms with Gasteiger partial charge in [0.25, 0.3) is 0 Å². The standard InChI is InChI=1S/C14H19BrN6O2/c1-16-13-17-6-10-11(15)20-21(12(10)19-13)7-8-2-4-9(5-3-8)18-14(22)23/h6,8-9,18H,2-5,7H2,1H3,(H,22,23)(H,16,17,19). The normalized spacial score (nSPS) is 21.3. The van der Waals surface area contributed by atoms with Gasteiger partial charge >= 0.3 is 6.09 Å². The third kappa shape index (κ3) is 3.54. The van der Waals surface area contributed by atoms with Crippen molar-refractivity contribution in [3.05, 3.63) is 10.8 Å². The van der Waals surface area contributed by atoms with E-state index >= 15 is 0 Å². The summed E-state index contributed by atoms with van der Waals surface area (Å²) >= 11 is 3.46. The number of rotatable bonds is 4. The molecule has 1 amide bonds. The van der Waals surface area contributed by atoms with Crippen molar-refractivity contribution in [1.82, 2.24) is 25.1 Å². The molecule has 9 heteroatoms. The van der Waals surface area contributed by atoms with Crippen molar-refractivity contribution in [3.63, 3.8) is 0 Å². The van der Waals surface area contributed by atoms with Crippen LogP contribution in [0.15, 0.2) is 10.8 Å². The molecule has 0 saturated heterocycles. The molecule has 23 heavy (non-hydrogen) atoms. The fraction of sp³-hybridized carbons (Fsp3) is 0.571. The van der Waals surface area contributed by atoms with Gasteiger partial charge in [-0.25, -0.2) is 14.5 Å². The number of hydrogen-bond donors (Lipinski definition) is 3. The molecular weight excluding hydrogens is 364 g/mol. The largest absolute Gasteiger partial charge is 0.465 e. The number of nitrogens with one attached hydrogen (secondary N) is 2. The summed E-state index contributed by atoms with van der Waals surface area (Å²) in [7, 11) is 1.79. The van der Waals surface area contributed by atoms with E-state index in [0.717, 1.165) is 47.9 Å². The summed E-state index contributed by atoms with van der Waals surface area (Å²) in [6.07, 6.45) is 4.52. The van der Waals surface area contributed by atoms with Crippen LogP contribution in [0.5, 0.6) is 0 Å². The van der Waals surface area contributed by atoms with E-state index in [1.165, 1.54) is 0 Å². The number of halogens is 1. The lowest BCUT2D eigenvalue weighted by Gasteiger charge is -2.28.